The molecule has 1 N–H and O–H groups in total. The Morgan fingerprint density at radius 2 is 1.73 bits per heavy atom. The summed E-state index contributed by atoms with van der Waals surface area (Å²) in [6.45, 7) is 2.32. The van der Waals surface area contributed by atoms with Crippen LogP contribution in [-0.4, -0.2) is 27.2 Å². The van der Waals surface area contributed by atoms with Crippen molar-refractivity contribution in [1.29, 1.82) is 0 Å². The lowest BCUT2D eigenvalue weighted by atomic mass is 10.0. The average Bonchev–Trinajstić information content (AvgIpc) is 2.96. The number of amides is 1. The number of benzene rings is 3. The number of rotatable bonds is 5. The van der Waals surface area contributed by atoms with Crippen molar-refractivity contribution in [2.75, 3.05) is 16.2 Å². The fraction of sp³-hybridized carbons (Fsp3) is 0.150. The van der Waals surface area contributed by atoms with E-state index in [0.29, 0.717) is 28.6 Å². The summed E-state index contributed by atoms with van der Waals surface area (Å²) in [5, 5.41) is 1.20. The molecular weight excluding hydrogens is 421 g/mol. The summed E-state index contributed by atoms with van der Waals surface area (Å²) in [7, 11) is -4.09. The second-order valence-corrected chi connectivity index (χ2v) is 8.22. The number of carbonyl (C=O) groups excluding carboxylic acids is 1. The third-order valence-corrected chi connectivity index (χ3v) is 6.09. The van der Waals surface area contributed by atoms with Gasteiger partial charge in [-0.05, 0) is 49.4 Å². The maximum atomic E-state index is 12.8. The maximum absolute atomic E-state index is 12.8. The van der Waals surface area contributed by atoms with Crippen LogP contribution in [0.4, 0.5) is 24.5 Å². The van der Waals surface area contributed by atoms with Crippen LogP contribution < -0.4 is 14.4 Å². The minimum absolute atomic E-state index is 0.154. The molecule has 6 nitrogen and oxygen atoms in total. The van der Waals surface area contributed by atoms with Gasteiger partial charge in [0.1, 0.15) is 5.75 Å². The third kappa shape index (κ3) is 3.43. The van der Waals surface area contributed by atoms with E-state index in [-0.39, 0.29) is 16.5 Å². The quantitative estimate of drug-likeness (QED) is 0.638. The molecule has 30 heavy (non-hydrogen) atoms. The van der Waals surface area contributed by atoms with E-state index < -0.39 is 22.1 Å². The Kier molecular flexibility index (Phi) is 4.61. The lowest BCUT2D eigenvalue weighted by molar-refractivity contribution is -0.274. The van der Waals surface area contributed by atoms with E-state index in [2.05, 4.69) is 9.46 Å². The molecule has 3 aromatic rings. The predicted octanol–water partition coefficient (Wildman–Crippen LogP) is 4.52. The highest BCUT2D eigenvalue weighted by atomic mass is 32.2. The summed E-state index contributed by atoms with van der Waals surface area (Å²) >= 11 is 0. The van der Waals surface area contributed by atoms with E-state index in [1.165, 1.54) is 0 Å². The molecule has 0 aromatic heterocycles. The van der Waals surface area contributed by atoms with Crippen LogP contribution >= 0.6 is 0 Å². The van der Waals surface area contributed by atoms with Crippen LogP contribution in [0, 0.1) is 0 Å². The first-order chi connectivity index (χ1) is 14.1. The molecular formula is C20H15F3N2O4S. The molecule has 0 aliphatic carbocycles. The van der Waals surface area contributed by atoms with Gasteiger partial charge in [-0.15, -0.1) is 13.2 Å². The Bertz CT molecular complexity index is 1260. The molecule has 1 aliphatic heterocycles. The summed E-state index contributed by atoms with van der Waals surface area (Å²) in [6, 6.07) is 12.2. The monoisotopic (exact) mass is 436 g/mol. The number of carbonyl (C=O) groups is 1. The van der Waals surface area contributed by atoms with Crippen LogP contribution in [0.3, 0.4) is 0 Å². The highest BCUT2D eigenvalue weighted by Gasteiger charge is 2.32. The molecule has 0 saturated carbocycles. The zero-order valence-corrected chi connectivity index (χ0v) is 16.3. The fourth-order valence-electron chi connectivity index (χ4n) is 3.47. The molecule has 1 heterocycles. The van der Waals surface area contributed by atoms with E-state index >= 15 is 0 Å². The van der Waals surface area contributed by atoms with Gasteiger partial charge in [-0.3, -0.25) is 9.52 Å². The van der Waals surface area contributed by atoms with Crippen LogP contribution in [0.5, 0.6) is 5.75 Å². The van der Waals surface area contributed by atoms with Crippen molar-refractivity contribution in [2.45, 2.75) is 18.2 Å². The molecule has 3 aromatic carbocycles. The van der Waals surface area contributed by atoms with Gasteiger partial charge in [0.2, 0.25) is 0 Å². The van der Waals surface area contributed by atoms with Gasteiger partial charge < -0.3 is 9.64 Å². The summed E-state index contributed by atoms with van der Waals surface area (Å²) in [6.07, 6.45) is -4.87. The summed E-state index contributed by atoms with van der Waals surface area (Å²) in [5.74, 6) is -0.677. The van der Waals surface area contributed by atoms with Gasteiger partial charge in [0.15, 0.2) is 0 Å². The van der Waals surface area contributed by atoms with Crippen LogP contribution in [0.1, 0.15) is 17.3 Å². The topological polar surface area (TPSA) is 75.7 Å². The molecule has 0 bridgehead atoms. The molecule has 0 radical (unpaired) electrons. The first-order valence-electron chi connectivity index (χ1n) is 8.87. The molecule has 10 heteroatoms. The Labute approximate surface area is 169 Å². The van der Waals surface area contributed by atoms with Crippen molar-refractivity contribution in [2.24, 2.45) is 0 Å². The lowest BCUT2D eigenvalue weighted by Crippen LogP contribution is -2.25. The second kappa shape index (κ2) is 6.91. The average molecular weight is 436 g/mol. The number of nitrogens with zero attached hydrogens (tertiary/aromatic N) is 1. The number of sulfonamides is 1. The van der Waals surface area contributed by atoms with Crippen LogP contribution in [0.2, 0.25) is 0 Å². The predicted molar refractivity (Wildman–Crippen MR) is 105 cm³/mol. The molecule has 0 unspecified atom stereocenters. The molecule has 1 amide bonds. The van der Waals surface area contributed by atoms with Crippen molar-refractivity contribution >= 4 is 38.1 Å². The molecule has 0 saturated heterocycles. The minimum Gasteiger partial charge on any atom is -0.406 e. The zero-order valence-electron chi connectivity index (χ0n) is 15.5. The highest BCUT2D eigenvalue weighted by Crippen LogP contribution is 2.41. The summed E-state index contributed by atoms with van der Waals surface area (Å²) < 4.78 is 68.6. The number of hydrogen-bond donors (Lipinski definition) is 1. The molecule has 4 rings (SSSR count). The van der Waals surface area contributed by atoms with E-state index in [1.54, 1.807) is 35.2 Å². The number of halogens is 3. The molecule has 156 valence electrons. The van der Waals surface area contributed by atoms with Crippen LogP contribution in [0.25, 0.3) is 10.8 Å². The normalized spacial score (nSPS) is 13.7. The standard InChI is InChI=1S/C20H15F3N2O4S/c1-2-25-17-11-10-16(14-4-3-5-15(18(14)17)19(25)26)24-30(27,28)13-8-6-12(7-9-13)29-20(21,22)23/h3-11,24H,2H2,1H3. The molecule has 0 spiro atoms. The number of ether oxygens (including phenoxy) is 1. The molecule has 0 atom stereocenters. The largest absolute Gasteiger partial charge is 0.573 e. The van der Waals surface area contributed by atoms with Gasteiger partial charge in [-0.1, -0.05) is 12.1 Å². The van der Waals surface area contributed by atoms with E-state index in [4.69, 9.17) is 0 Å². The summed E-state index contributed by atoms with van der Waals surface area (Å²) in [4.78, 5) is 13.9. The Hall–Kier alpha value is -3.27. The fourth-order valence-corrected chi connectivity index (χ4v) is 4.55. The van der Waals surface area contributed by atoms with Gasteiger partial charge >= 0.3 is 6.36 Å². The first-order valence-corrected chi connectivity index (χ1v) is 10.4. The van der Waals surface area contributed by atoms with Gasteiger partial charge in [-0.2, -0.15) is 0 Å². The smallest absolute Gasteiger partial charge is 0.406 e. The van der Waals surface area contributed by atoms with E-state index in [9.17, 15) is 26.4 Å². The lowest BCUT2D eigenvalue weighted by Gasteiger charge is -2.16. The number of anilines is 2. The van der Waals surface area contributed by atoms with Crippen molar-refractivity contribution < 1.29 is 31.1 Å². The highest BCUT2D eigenvalue weighted by molar-refractivity contribution is 7.92. The SMILES string of the molecule is CCN1C(=O)c2cccc3c(NS(=O)(=O)c4ccc(OC(F)(F)F)cc4)ccc1c23. The van der Waals surface area contributed by atoms with Gasteiger partial charge in [0.05, 0.1) is 16.3 Å². The minimum atomic E-state index is -4.87. The Morgan fingerprint density at radius 1 is 1.03 bits per heavy atom. The van der Waals surface area contributed by atoms with Gasteiger partial charge in [0, 0.05) is 22.9 Å². The van der Waals surface area contributed by atoms with Crippen molar-refractivity contribution in [3.8, 4) is 5.75 Å². The number of hydrogen-bond acceptors (Lipinski definition) is 4. The summed E-state index contributed by atoms with van der Waals surface area (Å²) in [5.41, 5.74) is 1.45. The first kappa shape index (κ1) is 20.0. The second-order valence-electron chi connectivity index (χ2n) is 6.53. The maximum Gasteiger partial charge on any atom is 0.573 e. The third-order valence-electron chi connectivity index (χ3n) is 4.71. The van der Waals surface area contributed by atoms with Crippen LogP contribution in [0.15, 0.2) is 59.5 Å². The number of alkyl halides is 3. The van der Waals surface area contributed by atoms with Crippen molar-refractivity contribution in [3.63, 3.8) is 0 Å². The van der Waals surface area contributed by atoms with Crippen molar-refractivity contribution in [3.05, 3.63) is 60.2 Å². The number of nitrogens with one attached hydrogen (secondary N) is 1. The molecule has 0 fully saturated rings. The van der Waals surface area contributed by atoms with Gasteiger partial charge in [0.25, 0.3) is 15.9 Å². The van der Waals surface area contributed by atoms with Gasteiger partial charge in [-0.25, -0.2) is 8.42 Å². The van der Waals surface area contributed by atoms with Crippen LogP contribution in [-0.2, 0) is 10.0 Å². The Morgan fingerprint density at radius 3 is 2.37 bits per heavy atom. The molecule has 1 aliphatic rings. The van der Waals surface area contributed by atoms with E-state index in [0.717, 1.165) is 24.3 Å². The van der Waals surface area contributed by atoms with Crippen molar-refractivity contribution in [1.82, 2.24) is 0 Å². The van der Waals surface area contributed by atoms with E-state index in [1.807, 2.05) is 6.92 Å². The zero-order chi connectivity index (χ0) is 21.7. The Balaban J connectivity index is 1.70.